The molecule has 0 atom stereocenters. The minimum Gasteiger partial charge on any atom is -0.496 e. The fourth-order valence-electron chi connectivity index (χ4n) is 2.26. The monoisotopic (exact) mass is 290 g/mol. The van der Waals surface area contributed by atoms with E-state index in [9.17, 15) is 4.79 Å². The molecule has 0 radical (unpaired) electrons. The highest BCUT2D eigenvalue weighted by atomic mass is 16.5. The predicted octanol–water partition coefficient (Wildman–Crippen LogP) is 1.58. The topological polar surface area (TPSA) is 50.8 Å². The molecule has 0 saturated heterocycles. The maximum absolute atomic E-state index is 11.4. The van der Waals surface area contributed by atoms with Crippen molar-refractivity contribution in [1.82, 2.24) is 10.2 Å². The molecule has 1 aliphatic rings. The summed E-state index contributed by atoms with van der Waals surface area (Å²) in [6, 6.07) is 5.64. The van der Waals surface area contributed by atoms with Crippen LogP contribution in [0.3, 0.4) is 0 Å². The van der Waals surface area contributed by atoms with Gasteiger partial charge in [0.15, 0.2) is 6.61 Å². The molecule has 0 fully saturated rings. The zero-order chi connectivity index (χ0) is 15.1. The molecule has 1 heterocycles. The Hall–Kier alpha value is -2.01. The van der Waals surface area contributed by atoms with Gasteiger partial charge in [0.2, 0.25) is 0 Å². The number of likely N-dealkylation sites (N-methyl/N-ethyl adjacent to an activating group) is 1. The van der Waals surface area contributed by atoms with Crippen molar-refractivity contribution in [2.45, 2.75) is 13.5 Å². The summed E-state index contributed by atoms with van der Waals surface area (Å²) in [5, 5.41) is 2.71. The van der Waals surface area contributed by atoms with E-state index in [-0.39, 0.29) is 12.5 Å². The Kier molecular flexibility index (Phi) is 5.63. The molecule has 5 nitrogen and oxygen atoms in total. The summed E-state index contributed by atoms with van der Waals surface area (Å²) in [7, 11) is 1.66. The van der Waals surface area contributed by atoms with Crippen LogP contribution in [0.4, 0.5) is 0 Å². The number of benzene rings is 1. The molecule has 0 aliphatic carbocycles. The normalized spacial score (nSPS) is 14.2. The van der Waals surface area contributed by atoms with Crippen LogP contribution in [-0.4, -0.2) is 44.2 Å². The Labute approximate surface area is 125 Å². The second kappa shape index (κ2) is 7.69. The van der Waals surface area contributed by atoms with Gasteiger partial charge in [0.05, 0.1) is 7.11 Å². The van der Waals surface area contributed by atoms with Crippen molar-refractivity contribution >= 4 is 5.91 Å². The van der Waals surface area contributed by atoms with Crippen LogP contribution in [0, 0.1) is 0 Å². The fourth-order valence-corrected chi connectivity index (χ4v) is 2.26. The van der Waals surface area contributed by atoms with Gasteiger partial charge in [0.1, 0.15) is 11.5 Å². The smallest absolute Gasteiger partial charge is 0.257 e. The molecule has 21 heavy (non-hydrogen) atoms. The van der Waals surface area contributed by atoms with Gasteiger partial charge in [-0.3, -0.25) is 9.69 Å². The SMILES string of the molecule is CCNC(=O)COc1ccc(OC)c(CN2CC=CC2)c1. The lowest BCUT2D eigenvalue weighted by Crippen LogP contribution is -2.28. The van der Waals surface area contributed by atoms with Gasteiger partial charge in [0.25, 0.3) is 5.91 Å². The number of nitrogens with one attached hydrogen (secondary N) is 1. The second-order valence-corrected chi connectivity index (χ2v) is 4.88. The van der Waals surface area contributed by atoms with Crippen LogP contribution in [0.15, 0.2) is 30.4 Å². The van der Waals surface area contributed by atoms with E-state index in [0.29, 0.717) is 12.3 Å². The highest BCUT2D eigenvalue weighted by Gasteiger charge is 2.12. The second-order valence-electron chi connectivity index (χ2n) is 4.88. The first kappa shape index (κ1) is 15.4. The molecule has 1 aromatic carbocycles. The number of amides is 1. The minimum absolute atomic E-state index is 0.0326. The van der Waals surface area contributed by atoms with Crippen LogP contribution in [-0.2, 0) is 11.3 Å². The van der Waals surface area contributed by atoms with Gasteiger partial charge in [0, 0.05) is 31.7 Å². The molecule has 0 unspecified atom stereocenters. The first-order valence-corrected chi connectivity index (χ1v) is 7.16. The van der Waals surface area contributed by atoms with Crippen LogP contribution in [0.5, 0.6) is 11.5 Å². The fraction of sp³-hybridized carbons (Fsp3) is 0.438. The number of nitrogens with zero attached hydrogens (tertiary/aromatic N) is 1. The van der Waals surface area contributed by atoms with Crippen LogP contribution < -0.4 is 14.8 Å². The number of rotatable bonds is 7. The molecule has 1 aromatic rings. The molecular weight excluding hydrogens is 268 g/mol. The van der Waals surface area contributed by atoms with Crippen LogP contribution >= 0.6 is 0 Å². The molecule has 0 aromatic heterocycles. The van der Waals surface area contributed by atoms with E-state index in [1.807, 2.05) is 25.1 Å². The first-order valence-electron chi connectivity index (χ1n) is 7.16. The van der Waals surface area contributed by atoms with Crippen molar-refractivity contribution in [1.29, 1.82) is 0 Å². The summed E-state index contributed by atoms with van der Waals surface area (Å²) < 4.78 is 10.9. The predicted molar refractivity (Wildman–Crippen MR) is 81.6 cm³/mol. The summed E-state index contributed by atoms with van der Waals surface area (Å²) in [5.74, 6) is 1.41. The lowest BCUT2D eigenvalue weighted by atomic mass is 10.1. The summed E-state index contributed by atoms with van der Waals surface area (Å²) in [4.78, 5) is 13.7. The highest BCUT2D eigenvalue weighted by molar-refractivity contribution is 5.77. The van der Waals surface area contributed by atoms with Crippen molar-refractivity contribution < 1.29 is 14.3 Å². The van der Waals surface area contributed by atoms with E-state index in [1.54, 1.807) is 7.11 Å². The largest absolute Gasteiger partial charge is 0.496 e. The molecule has 1 aliphatic heterocycles. The number of methoxy groups -OCH3 is 1. The van der Waals surface area contributed by atoms with E-state index in [0.717, 1.165) is 30.9 Å². The average Bonchev–Trinajstić information content (AvgIpc) is 2.99. The van der Waals surface area contributed by atoms with Crippen LogP contribution in [0.1, 0.15) is 12.5 Å². The Bertz CT molecular complexity index is 506. The quantitative estimate of drug-likeness (QED) is 0.775. The van der Waals surface area contributed by atoms with Gasteiger partial charge in [-0.15, -0.1) is 0 Å². The summed E-state index contributed by atoms with van der Waals surface area (Å²) in [5.41, 5.74) is 1.06. The van der Waals surface area contributed by atoms with Gasteiger partial charge >= 0.3 is 0 Å². The lowest BCUT2D eigenvalue weighted by Gasteiger charge is -2.18. The molecule has 2 rings (SSSR count). The maximum atomic E-state index is 11.4. The van der Waals surface area contributed by atoms with Crippen LogP contribution in [0.25, 0.3) is 0 Å². The third kappa shape index (κ3) is 4.49. The Balaban J connectivity index is 2.00. The minimum atomic E-state index is -0.112. The molecule has 1 N–H and O–H groups in total. The number of ether oxygens (including phenoxy) is 2. The van der Waals surface area contributed by atoms with Crippen molar-refractivity contribution in [3.05, 3.63) is 35.9 Å². The zero-order valence-corrected chi connectivity index (χ0v) is 12.6. The molecule has 1 amide bonds. The molecule has 5 heteroatoms. The Morgan fingerprint density at radius 2 is 2.10 bits per heavy atom. The average molecular weight is 290 g/mol. The van der Waals surface area contributed by atoms with Gasteiger partial charge in [-0.25, -0.2) is 0 Å². The van der Waals surface area contributed by atoms with Gasteiger partial charge in [-0.1, -0.05) is 12.2 Å². The van der Waals surface area contributed by atoms with Gasteiger partial charge in [-0.2, -0.15) is 0 Å². The molecule has 114 valence electrons. The van der Waals surface area contributed by atoms with E-state index < -0.39 is 0 Å². The Morgan fingerprint density at radius 1 is 1.33 bits per heavy atom. The van der Waals surface area contributed by atoms with Crippen molar-refractivity contribution in [3.63, 3.8) is 0 Å². The summed E-state index contributed by atoms with van der Waals surface area (Å²) in [6.07, 6.45) is 4.31. The third-order valence-corrected chi connectivity index (χ3v) is 3.28. The zero-order valence-electron chi connectivity index (χ0n) is 12.6. The number of hydrogen-bond donors (Lipinski definition) is 1. The van der Waals surface area contributed by atoms with Crippen LogP contribution in [0.2, 0.25) is 0 Å². The summed E-state index contributed by atoms with van der Waals surface area (Å²) in [6.45, 7) is 5.23. The van der Waals surface area contributed by atoms with Crippen molar-refractivity contribution in [3.8, 4) is 11.5 Å². The molecule has 0 spiro atoms. The van der Waals surface area contributed by atoms with E-state index in [2.05, 4.69) is 22.4 Å². The van der Waals surface area contributed by atoms with Crippen molar-refractivity contribution in [2.75, 3.05) is 33.4 Å². The maximum Gasteiger partial charge on any atom is 0.257 e. The van der Waals surface area contributed by atoms with E-state index in [4.69, 9.17) is 9.47 Å². The molecular formula is C16H22N2O3. The van der Waals surface area contributed by atoms with Gasteiger partial charge < -0.3 is 14.8 Å². The Morgan fingerprint density at radius 3 is 2.76 bits per heavy atom. The highest BCUT2D eigenvalue weighted by Crippen LogP contribution is 2.26. The number of carbonyl (C=O) groups is 1. The standard InChI is InChI=1S/C16H22N2O3/c1-3-17-16(19)12-21-14-6-7-15(20-2)13(10-14)11-18-8-4-5-9-18/h4-7,10H,3,8-9,11-12H2,1-2H3,(H,17,19). The summed E-state index contributed by atoms with van der Waals surface area (Å²) >= 11 is 0. The lowest BCUT2D eigenvalue weighted by molar-refractivity contribution is -0.122. The third-order valence-electron chi connectivity index (χ3n) is 3.28. The molecule has 0 bridgehead atoms. The first-order chi connectivity index (χ1) is 10.2. The number of carbonyl (C=O) groups excluding carboxylic acids is 1. The van der Waals surface area contributed by atoms with E-state index in [1.165, 1.54) is 0 Å². The van der Waals surface area contributed by atoms with E-state index >= 15 is 0 Å². The van der Waals surface area contributed by atoms with Gasteiger partial charge in [-0.05, 0) is 25.1 Å². The number of hydrogen-bond acceptors (Lipinski definition) is 4. The molecule has 0 saturated carbocycles. The van der Waals surface area contributed by atoms with Crippen molar-refractivity contribution in [2.24, 2.45) is 0 Å².